The normalized spacial score (nSPS) is 12.1. The van der Waals surface area contributed by atoms with Crippen molar-refractivity contribution in [1.82, 2.24) is 10.6 Å². The summed E-state index contributed by atoms with van der Waals surface area (Å²) < 4.78 is 5.62. The van der Waals surface area contributed by atoms with Crippen LogP contribution in [0.15, 0.2) is 12.1 Å². The fourth-order valence-corrected chi connectivity index (χ4v) is 1.95. The van der Waals surface area contributed by atoms with E-state index >= 15 is 0 Å². The molecule has 0 aliphatic heterocycles. The number of amides is 1. The molecule has 1 rings (SSSR count). The Morgan fingerprint density at radius 2 is 1.84 bits per heavy atom. The molecule has 0 bridgehead atoms. The van der Waals surface area contributed by atoms with E-state index in [1.807, 2.05) is 27.8 Å². The first-order chi connectivity index (χ1) is 8.93. The van der Waals surface area contributed by atoms with Crippen LogP contribution in [0.5, 0.6) is 5.75 Å². The predicted molar refractivity (Wildman–Crippen MR) is 77.7 cm³/mol. The van der Waals surface area contributed by atoms with Crippen LogP contribution in [0.4, 0.5) is 0 Å². The van der Waals surface area contributed by atoms with Gasteiger partial charge in [0.15, 0.2) is 6.61 Å². The molecule has 4 nitrogen and oxygen atoms in total. The molecule has 1 amide bonds. The minimum Gasteiger partial charge on any atom is -0.483 e. The SMILES string of the molecule is CNC(C)CNC(=O)COc1c(C)cc(C)cc1C. The van der Waals surface area contributed by atoms with Gasteiger partial charge in [0.05, 0.1) is 0 Å². The fraction of sp³-hybridized carbons (Fsp3) is 0.533. The zero-order chi connectivity index (χ0) is 14.4. The number of rotatable bonds is 6. The van der Waals surface area contributed by atoms with E-state index in [1.165, 1.54) is 5.56 Å². The number of likely N-dealkylation sites (N-methyl/N-ethyl adjacent to an activating group) is 1. The lowest BCUT2D eigenvalue weighted by atomic mass is 10.1. The van der Waals surface area contributed by atoms with E-state index in [0.717, 1.165) is 16.9 Å². The van der Waals surface area contributed by atoms with Crippen molar-refractivity contribution in [3.05, 3.63) is 28.8 Å². The summed E-state index contributed by atoms with van der Waals surface area (Å²) >= 11 is 0. The third kappa shape index (κ3) is 4.91. The molecule has 106 valence electrons. The monoisotopic (exact) mass is 264 g/mol. The Kier molecular flexibility index (Phi) is 5.83. The highest BCUT2D eigenvalue weighted by Gasteiger charge is 2.08. The quantitative estimate of drug-likeness (QED) is 0.822. The molecule has 2 N–H and O–H groups in total. The summed E-state index contributed by atoms with van der Waals surface area (Å²) in [6.07, 6.45) is 0. The first kappa shape index (κ1) is 15.5. The Balaban J connectivity index is 2.51. The van der Waals surface area contributed by atoms with Gasteiger partial charge in [0.1, 0.15) is 5.75 Å². The summed E-state index contributed by atoms with van der Waals surface area (Å²) in [4.78, 5) is 11.7. The van der Waals surface area contributed by atoms with E-state index < -0.39 is 0 Å². The van der Waals surface area contributed by atoms with Crippen LogP contribution in [0.25, 0.3) is 0 Å². The minimum atomic E-state index is -0.0959. The summed E-state index contributed by atoms with van der Waals surface area (Å²) in [6.45, 7) is 8.71. The highest BCUT2D eigenvalue weighted by atomic mass is 16.5. The van der Waals surface area contributed by atoms with E-state index in [1.54, 1.807) is 0 Å². The van der Waals surface area contributed by atoms with Gasteiger partial charge in [0, 0.05) is 12.6 Å². The summed E-state index contributed by atoms with van der Waals surface area (Å²) in [6, 6.07) is 4.37. The third-order valence-corrected chi connectivity index (χ3v) is 3.05. The fourth-order valence-electron chi connectivity index (χ4n) is 1.95. The summed E-state index contributed by atoms with van der Waals surface area (Å²) in [5.41, 5.74) is 3.33. The second-order valence-corrected chi connectivity index (χ2v) is 5.01. The van der Waals surface area contributed by atoms with Gasteiger partial charge in [-0.2, -0.15) is 0 Å². The minimum absolute atomic E-state index is 0.0567. The first-order valence-electron chi connectivity index (χ1n) is 6.58. The molecule has 19 heavy (non-hydrogen) atoms. The van der Waals surface area contributed by atoms with Crippen LogP contribution in [0, 0.1) is 20.8 Å². The topological polar surface area (TPSA) is 50.4 Å². The molecule has 1 aromatic carbocycles. The van der Waals surface area contributed by atoms with Gasteiger partial charge in [-0.15, -0.1) is 0 Å². The van der Waals surface area contributed by atoms with Crippen molar-refractivity contribution in [3.63, 3.8) is 0 Å². The number of carbonyl (C=O) groups is 1. The van der Waals surface area contributed by atoms with Gasteiger partial charge in [0.2, 0.25) is 0 Å². The molecule has 0 spiro atoms. The zero-order valence-electron chi connectivity index (χ0n) is 12.5. The number of benzene rings is 1. The number of nitrogens with one attached hydrogen (secondary N) is 2. The molecule has 1 unspecified atom stereocenters. The van der Waals surface area contributed by atoms with Crippen LogP contribution in [0.3, 0.4) is 0 Å². The average Bonchev–Trinajstić information content (AvgIpc) is 2.34. The average molecular weight is 264 g/mol. The lowest BCUT2D eigenvalue weighted by Crippen LogP contribution is -2.39. The molecule has 0 saturated carbocycles. The van der Waals surface area contributed by atoms with Crippen LogP contribution < -0.4 is 15.4 Å². The maximum atomic E-state index is 11.7. The summed E-state index contributed by atoms with van der Waals surface area (Å²) in [5.74, 6) is 0.712. The van der Waals surface area contributed by atoms with Crippen molar-refractivity contribution >= 4 is 5.91 Å². The zero-order valence-corrected chi connectivity index (χ0v) is 12.5. The third-order valence-electron chi connectivity index (χ3n) is 3.05. The van der Waals surface area contributed by atoms with Gasteiger partial charge in [0.25, 0.3) is 5.91 Å². The van der Waals surface area contributed by atoms with E-state index in [4.69, 9.17) is 4.74 Å². The van der Waals surface area contributed by atoms with Crippen molar-refractivity contribution < 1.29 is 9.53 Å². The number of aryl methyl sites for hydroxylation is 3. The largest absolute Gasteiger partial charge is 0.483 e. The molecule has 0 aromatic heterocycles. The molecule has 0 fully saturated rings. The van der Waals surface area contributed by atoms with E-state index in [2.05, 4.69) is 29.7 Å². The Bertz CT molecular complexity index is 421. The van der Waals surface area contributed by atoms with Crippen LogP contribution in [-0.4, -0.2) is 32.1 Å². The number of ether oxygens (including phenoxy) is 1. The molecular formula is C15H24N2O2. The van der Waals surface area contributed by atoms with Gasteiger partial charge in [-0.25, -0.2) is 0 Å². The second-order valence-electron chi connectivity index (χ2n) is 5.01. The van der Waals surface area contributed by atoms with E-state index in [0.29, 0.717) is 6.54 Å². The molecule has 0 radical (unpaired) electrons. The van der Waals surface area contributed by atoms with Gasteiger partial charge < -0.3 is 15.4 Å². The first-order valence-corrected chi connectivity index (χ1v) is 6.58. The second kappa shape index (κ2) is 7.14. The van der Waals surface area contributed by atoms with Crippen molar-refractivity contribution in [1.29, 1.82) is 0 Å². The Morgan fingerprint density at radius 3 is 2.37 bits per heavy atom. The van der Waals surface area contributed by atoms with Crippen LogP contribution in [-0.2, 0) is 4.79 Å². The molecule has 4 heteroatoms. The predicted octanol–water partition coefficient (Wildman–Crippen LogP) is 1.71. The van der Waals surface area contributed by atoms with Crippen LogP contribution in [0.1, 0.15) is 23.6 Å². The Labute approximate surface area is 115 Å². The van der Waals surface area contributed by atoms with Crippen molar-refractivity contribution in [2.24, 2.45) is 0 Å². The van der Waals surface area contributed by atoms with Crippen LogP contribution in [0.2, 0.25) is 0 Å². The summed E-state index contributed by atoms with van der Waals surface area (Å²) in [5, 5.41) is 5.89. The lowest BCUT2D eigenvalue weighted by molar-refractivity contribution is -0.123. The van der Waals surface area contributed by atoms with Crippen molar-refractivity contribution in [3.8, 4) is 5.75 Å². The Hall–Kier alpha value is -1.55. The van der Waals surface area contributed by atoms with Gasteiger partial charge in [-0.05, 0) is 45.9 Å². The number of carbonyl (C=O) groups excluding carboxylic acids is 1. The molecular weight excluding hydrogens is 240 g/mol. The van der Waals surface area contributed by atoms with E-state index in [9.17, 15) is 4.79 Å². The number of hydrogen-bond acceptors (Lipinski definition) is 3. The lowest BCUT2D eigenvalue weighted by Gasteiger charge is -2.14. The number of hydrogen-bond donors (Lipinski definition) is 2. The molecule has 0 aliphatic carbocycles. The maximum Gasteiger partial charge on any atom is 0.257 e. The highest BCUT2D eigenvalue weighted by molar-refractivity contribution is 5.77. The smallest absolute Gasteiger partial charge is 0.257 e. The summed E-state index contributed by atoms with van der Waals surface area (Å²) in [7, 11) is 1.87. The molecule has 1 aromatic rings. The highest BCUT2D eigenvalue weighted by Crippen LogP contribution is 2.24. The van der Waals surface area contributed by atoms with Crippen LogP contribution >= 0.6 is 0 Å². The van der Waals surface area contributed by atoms with Gasteiger partial charge in [-0.3, -0.25) is 4.79 Å². The van der Waals surface area contributed by atoms with Gasteiger partial charge in [-0.1, -0.05) is 17.7 Å². The van der Waals surface area contributed by atoms with Gasteiger partial charge >= 0.3 is 0 Å². The molecule has 1 atom stereocenters. The Morgan fingerprint density at radius 1 is 1.26 bits per heavy atom. The standard InChI is InChI=1S/C15H24N2O2/c1-10-6-11(2)15(12(3)7-10)19-9-14(18)17-8-13(4)16-5/h6-7,13,16H,8-9H2,1-5H3,(H,17,18). The molecule has 0 heterocycles. The molecule has 0 aliphatic rings. The van der Waals surface area contributed by atoms with Crippen molar-refractivity contribution in [2.75, 3.05) is 20.2 Å². The maximum absolute atomic E-state index is 11.7. The van der Waals surface area contributed by atoms with E-state index in [-0.39, 0.29) is 18.6 Å². The van der Waals surface area contributed by atoms with Crippen molar-refractivity contribution in [2.45, 2.75) is 33.7 Å². The molecule has 0 saturated heterocycles.